The van der Waals surface area contributed by atoms with Crippen molar-refractivity contribution < 1.29 is 27.0 Å². The van der Waals surface area contributed by atoms with E-state index >= 15 is 0 Å². The first kappa shape index (κ1) is 11.1. The summed E-state index contributed by atoms with van der Waals surface area (Å²) in [5.74, 6) is -0.108. The Hall–Kier alpha value is -1.01. The molecule has 0 aliphatic carbocycles. The molecule has 14 heavy (non-hydrogen) atoms. The number of hydrogen-bond acceptors (Lipinski definition) is 4. The van der Waals surface area contributed by atoms with Crippen LogP contribution in [-0.4, -0.2) is 17.9 Å². The molecule has 1 rings (SSSR count). The summed E-state index contributed by atoms with van der Waals surface area (Å²) >= 11 is 0. The van der Waals surface area contributed by atoms with Gasteiger partial charge in [-0.05, 0) is 12.1 Å². The summed E-state index contributed by atoms with van der Waals surface area (Å²) in [5.41, 5.74) is 0. The van der Waals surface area contributed by atoms with Crippen molar-refractivity contribution in [1.82, 2.24) is 0 Å². The van der Waals surface area contributed by atoms with E-state index in [0.29, 0.717) is 0 Å². The van der Waals surface area contributed by atoms with Crippen molar-refractivity contribution in [3.63, 3.8) is 0 Å². The summed E-state index contributed by atoms with van der Waals surface area (Å²) in [5, 5.41) is 0. The first-order valence-electron chi connectivity index (χ1n) is 3.31. The fourth-order valence-electron chi connectivity index (χ4n) is 0.782. The summed E-state index contributed by atoms with van der Waals surface area (Å²) < 4.78 is 44.5. The summed E-state index contributed by atoms with van der Waals surface area (Å²) in [4.78, 5) is 7.98. The van der Waals surface area contributed by atoms with Crippen LogP contribution in [0.2, 0.25) is 0 Å². The Morgan fingerprint density at radius 2 is 2.00 bits per heavy atom. The zero-order valence-corrected chi connectivity index (χ0v) is 8.40. The lowest BCUT2D eigenvalue weighted by Gasteiger charge is -1.96. The van der Waals surface area contributed by atoms with Crippen LogP contribution in [0.1, 0.15) is 0 Å². The fourth-order valence-corrected chi connectivity index (χ4v) is 1.59. The van der Waals surface area contributed by atoms with Crippen molar-refractivity contribution in [2.75, 3.05) is 0 Å². The zero-order chi connectivity index (χ0) is 10.8. The van der Waals surface area contributed by atoms with Gasteiger partial charge in [0.25, 0.3) is 10.1 Å². The van der Waals surface area contributed by atoms with Gasteiger partial charge in [0.1, 0.15) is 0 Å². The average Bonchev–Trinajstić information content (AvgIpc) is 2.01. The van der Waals surface area contributed by atoms with E-state index in [1.807, 2.05) is 0 Å². The molecule has 0 aliphatic rings. The molecule has 1 atom stereocenters. The monoisotopic (exact) mass is 237 g/mol. The molecular weight excluding hydrogens is 231 g/mol. The van der Waals surface area contributed by atoms with Crippen molar-refractivity contribution in [3.8, 4) is 5.75 Å². The topological polar surface area (TPSA) is 101 Å². The second-order valence-electron chi connectivity index (χ2n) is 2.28. The standard InChI is InChI=1S/C6H5O6PS/c7-13(8)12-5-2-1-3-6(4-5)14(9,10)11/h1-4H,(H-,7,8,9,10,11)/p+1. The van der Waals surface area contributed by atoms with Gasteiger partial charge in [0.05, 0.1) is 4.90 Å². The molecule has 0 amide bonds. The normalized spacial score (nSPS) is 12.3. The molecule has 0 aliphatic heterocycles. The maximum Gasteiger partial charge on any atom is 0.747 e. The summed E-state index contributed by atoms with van der Waals surface area (Å²) in [6.45, 7) is 0. The average molecular weight is 237 g/mol. The van der Waals surface area contributed by atoms with Gasteiger partial charge in [0.15, 0.2) is 5.75 Å². The molecule has 1 unspecified atom stereocenters. The fraction of sp³-hybridized carbons (Fsp3) is 0. The molecule has 0 spiro atoms. The van der Waals surface area contributed by atoms with E-state index in [2.05, 4.69) is 4.52 Å². The van der Waals surface area contributed by atoms with E-state index in [0.717, 1.165) is 12.1 Å². The maximum atomic E-state index is 10.6. The Morgan fingerprint density at radius 3 is 2.50 bits per heavy atom. The van der Waals surface area contributed by atoms with Crippen LogP contribution < -0.4 is 4.52 Å². The minimum absolute atomic E-state index is 0.108. The molecular formula is C6H6O6PS+. The predicted octanol–water partition coefficient (Wildman–Crippen LogP) is 0.962. The first-order valence-corrected chi connectivity index (χ1v) is 5.88. The van der Waals surface area contributed by atoms with Crippen LogP contribution in [0.3, 0.4) is 0 Å². The highest BCUT2D eigenvalue weighted by Gasteiger charge is 2.17. The lowest BCUT2D eigenvalue weighted by molar-refractivity contribution is 0.409. The second-order valence-corrected chi connectivity index (χ2v) is 4.36. The minimum atomic E-state index is -4.32. The van der Waals surface area contributed by atoms with Crippen molar-refractivity contribution in [3.05, 3.63) is 24.3 Å². The van der Waals surface area contributed by atoms with E-state index in [4.69, 9.17) is 9.45 Å². The molecule has 8 heteroatoms. The highest BCUT2D eigenvalue weighted by atomic mass is 32.2. The molecule has 0 fully saturated rings. The Bertz CT molecular complexity index is 453. The third-order valence-electron chi connectivity index (χ3n) is 1.29. The quantitative estimate of drug-likeness (QED) is 0.599. The van der Waals surface area contributed by atoms with E-state index in [1.165, 1.54) is 12.1 Å². The van der Waals surface area contributed by atoms with Gasteiger partial charge in [-0.25, -0.2) is 4.52 Å². The summed E-state index contributed by atoms with van der Waals surface area (Å²) in [6, 6.07) is 4.64. The van der Waals surface area contributed by atoms with Crippen LogP contribution in [0.5, 0.6) is 5.75 Å². The van der Waals surface area contributed by atoms with Gasteiger partial charge in [-0.3, -0.25) is 4.55 Å². The van der Waals surface area contributed by atoms with Crippen LogP contribution in [0.4, 0.5) is 0 Å². The minimum Gasteiger partial charge on any atom is -0.282 e. The van der Waals surface area contributed by atoms with Crippen LogP contribution in [-0.2, 0) is 14.7 Å². The van der Waals surface area contributed by atoms with Gasteiger partial charge < -0.3 is 0 Å². The van der Waals surface area contributed by atoms with E-state index in [-0.39, 0.29) is 5.75 Å². The number of hydrogen-bond donors (Lipinski definition) is 2. The Kier molecular flexibility index (Phi) is 3.17. The SMILES string of the molecule is O=[P+](O)Oc1cccc(S(=O)(=O)O)c1. The zero-order valence-electron chi connectivity index (χ0n) is 6.69. The van der Waals surface area contributed by atoms with Crippen molar-refractivity contribution in [1.29, 1.82) is 0 Å². The van der Waals surface area contributed by atoms with Crippen molar-refractivity contribution in [2.45, 2.75) is 4.90 Å². The number of benzene rings is 1. The molecule has 76 valence electrons. The summed E-state index contributed by atoms with van der Waals surface area (Å²) in [7, 11) is -7.17. The molecule has 1 aromatic carbocycles. The molecule has 0 aromatic heterocycles. The molecule has 0 saturated carbocycles. The molecule has 0 saturated heterocycles. The largest absolute Gasteiger partial charge is 0.747 e. The van der Waals surface area contributed by atoms with E-state index in [1.54, 1.807) is 0 Å². The van der Waals surface area contributed by atoms with Gasteiger partial charge in [0, 0.05) is 10.6 Å². The van der Waals surface area contributed by atoms with Crippen LogP contribution in [0, 0.1) is 0 Å². The molecule has 0 bridgehead atoms. The second kappa shape index (κ2) is 4.02. The van der Waals surface area contributed by atoms with Crippen LogP contribution in [0.25, 0.3) is 0 Å². The van der Waals surface area contributed by atoms with E-state index in [9.17, 15) is 13.0 Å². The third-order valence-corrected chi connectivity index (χ3v) is 2.50. The van der Waals surface area contributed by atoms with Gasteiger partial charge in [-0.15, -0.1) is 4.89 Å². The summed E-state index contributed by atoms with van der Waals surface area (Å²) in [6.07, 6.45) is 0. The molecule has 6 nitrogen and oxygen atoms in total. The van der Waals surface area contributed by atoms with E-state index < -0.39 is 23.3 Å². The van der Waals surface area contributed by atoms with Crippen LogP contribution >= 0.6 is 8.25 Å². The third kappa shape index (κ3) is 3.04. The van der Waals surface area contributed by atoms with Crippen molar-refractivity contribution >= 4 is 18.4 Å². The highest BCUT2D eigenvalue weighted by Crippen LogP contribution is 2.24. The maximum absolute atomic E-state index is 10.6. The van der Waals surface area contributed by atoms with Gasteiger partial charge in [0.2, 0.25) is 0 Å². The van der Waals surface area contributed by atoms with Gasteiger partial charge >= 0.3 is 8.25 Å². The first-order chi connectivity index (χ1) is 6.39. The smallest absolute Gasteiger partial charge is 0.282 e. The highest BCUT2D eigenvalue weighted by molar-refractivity contribution is 7.85. The van der Waals surface area contributed by atoms with Gasteiger partial charge in [-0.1, -0.05) is 6.07 Å². The lowest BCUT2D eigenvalue weighted by atomic mass is 10.3. The molecule has 2 N–H and O–H groups in total. The predicted molar refractivity (Wildman–Crippen MR) is 46.7 cm³/mol. The molecule has 0 radical (unpaired) electrons. The Balaban J connectivity index is 3.08. The Morgan fingerprint density at radius 1 is 1.36 bits per heavy atom. The van der Waals surface area contributed by atoms with Crippen molar-refractivity contribution in [2.24, 2.45) is 0 Å². The van der Waals surface area contributed by atoms with Crippen LogP contribution in [0.15, 0.2) is 29.2 Å². The van der Waals surface area contributed by atoms with Gasteiger partial charge in [-0.2, -0.15) is 8.42 Å². The number of rotatable bonds is 3. The Labute approximate surface area is 80.8 Å². The lowest BCUT2D eigenvalue weighted by Crippen LogP contribution is -1.97. The molecule has 1 aromatic rings. The molecule has 0 heterocycles.